The Kier molecular flexibility index (Phi) is 6.57. The van der Waals surface area contributed by atoms with Gasteiger partial charge in [0.1, 0.15) is 10.7 Å². The lowest BCUT2D eigenvalue weighted by Crippen LogP contribution is -2.24. The number of carbonyl (C=O) groups is 1. The first-order valence-electron chi connectivity index (χ1n) is 7.90. The zero-order valence-electron chi connectivity index (χ0n) is 14.4. The quantitative estimate of drug-likeness (QED) is 0.313. The Labute approximate surface area is 149 Å². The van der Waals surface area contributed by atoms with Crippen LogP contribution < -0.4 is 5.32 Å². The van der Waals surface area contributed by atoms with E-state index in [-0.39, 0.29) is 5.76 Å². The molecule has 0 saturated carbocycles. The summed E-state index contributed by atoms with van der Waals surface area (Å²) in [6.45, 7) is 5.53. The van der Waals surface area contributed by atoms with E-state index >= 15 is 0 Å². The maximum Gasteiger partial charge on any atom is 0.433 e. The zero-order chi connectivity index (χ0) is 18.4. The molecular formula is C15H21N5O4S. The van der Waals surface area contributed by atoms with Crippen molar-refractivity contribution in [3.63, 3.8) is 0 Å². The number of amides is 1. The number of aromatic nitrogens is 3. The Morgan fingerprint density at radius 3 is 2.80 bits per heavy atom. The number of nitrogens with zero attached hydrogens (tertiary/aromatic N) is 4. The summed E-state index contributed by atoms with van der Waals surface area (Å²) in [5.41, 5.74) is 0. The van der Waals surface area contributed by atoms with Crippen LogP contribution in [-0.2, 0) is 13.0 Å². The molecule has 136 valence electrons. The molecule has 0 unspecified atom stereocenters. The van der Waals surface area contributed by atoms with E-state index in [1.807, 2.05) is 6.26 Å². The number of furan rings is 1. The fourth-order valence-corrected chi connectivity index (χ4v) is 2.81. The van der Waals surface area contributed by atoms with Gasteiger partial charge in [-0.2, -0.15) is 0 Å². The highest BCUT2D eigenvalue weighted by molar-refractivity contribution is 7.98. The van der Waals surface area contributed by atoms with Crippen molar-refractivity contribution < 1.29 is 14.1 Å². The Balaban J connectivity index is 1.85. The molecule has 25 heavy (non-hydrogen) atoms. The molecule has 2 aromatic rings. The smallest absolute Gasteiger partial charge is 0.395 e. The minimum atomic E-state index is -0.679. The first kappa shape index (κ1) is 19.0. The summed E-state index contributed by atoms with van der Waals surface area (Å²) in [4.78, 5) is 21.8. The summed E-state index contributed by atoms with van der Waals surface area (Å²) in [6.07, 6.45) is 3.32. The van der Waals surface area contributed by atoms with E-state index in [0.29, 0.717) is 25.3 Å². The molecule has 1 N–H and O–H groups in total. The molecule has 2 rings (SSSR count). The molecule has 2 heterocycles. The topological polar surface area (TPSA) is 116 Å². The van der Waals surface area contributed by atoms with Crippen LogP contribution >= 0.6 is 11.8 Å². The van der Waals surface area contributed by atoms with Crippen LogP contribution in [0.2, 0.25) is 0 Å². The third-order valence-corrected chi connectivity index (χ3v) is 4.05. The minimum absolute atomic E-state index is 0.0701. The summed E-state index contributed by atoms with van der Waals surface area (Å²) < 4.78 is 6.97. The van der Waals surface area contributed by atoms with Crippen molar-refractivity contribution in [2.24, 2.45) is 5.92 Å². The second-order valence-corrected chi connectivity index (χ2v) is 6.64. The normalized spacial score (nSPS) is 11.0. The van der Waals surface area contributed by atoms with Crippen molar-refractivity contribution in [1.82, 2.24) is 20.1 Å². The fourth-order valence-electron chi connectivity index (χ4n) is 2.29. The lowest BCUT2D eigenvalue weighted by Gasteiger charge is -2.11. The van der Waals surface area contributed by atoms with Gasteiger partial charge in [-0.25, -0.2) is 0 Å². The van der Waals surface area contributed by atoms with Crippen molar-refractivity contribution in [1.29, 1.82) is 0 Å². The highest BCUT2D eigenvalue weighted by atomic mass is 32.2. The van der Waals surface area contributed by atoms with Crippen LogP contribution in [0.25, 0.3) is 0 Å². The van der Waals surface area contributed by atoms with Gasteiger partial charge in [0.05, 0.1) is 6.07 Å². The van der Waals surface area contributed by atoms with E-state index in [4.69, 9.17) is 4.42 Å². The third kappa shape index (κ3) is 5.05. The molecule has 0 aliphatic rings. The van der Waals surface area contributed by atoms with E-state index in [1.165, 1.54) is 6.07 Å². The van der Waals surface area contributed by atoms with E-state index < -0.39 is 16.7 Å². The number of carbonyl (C=O) groups excluding carboxylic acids is 1. The lowest BCUT2D eigenvalue weighted by atomic mass is 10.2. The molecule has 9 nitrogen and oxygen atoms in total. The van der Waals surface area contributed by atoms with Crippen LogP contribution in [0.5, 0.6) is 0 Å². The van der Waals surface area contributed by atoms with Gasteiger partial charge in [0, 0.05) is 19.5 Å². The monoisotopic (exact) mass is 367 g/mol. The average Bonchev–Trinajstić information content (AvgIpc) is 3.18. The van der Waals surface area contributed by atoms with Crippen LogP contribution in [0.4, 0.5) is 5.88 Å². The second-order valence-electron chi connectivity index (χ2n) is 5.86. The number of hydrogen-bond donors (Lipinski definition) is 1. The predicted molar refractivity (Wildman–Crippen MR) is 92.7 cm³/mol. The molecule has 0 bridgehead atoms. The lowest BCUT2D eigenvalue weighted by molar-refractivity contribution is -0.402. The molecule has 0 aromatic carbocycles. The molecule has 0 saturated heterocycles. The average molecular weight is 367 g/mol. The fraction of sp³-hybridized carbons (Fsp3) is 0.533. The Hall–Kier alpha value is -2.36. The van der Waals surface area contributed by atoms with Gasteiger partial charge < -0.3 is 14.3 Å². The number of hydrogen-bond acceptors (Lipinski definition) is 7. The van der Waals surface area contributed by atoms with Gasteiger partial charge in [-0.1, -0.05) is 25.6 Å². The maximum atomic E-state index is 11.9. The summed E-state index contributed by atoms with van der Waals surface area (Å²) >= 11 is 1.56. The van der Waals surface area contributed by atoms with Crippen LogP contribution in [0.3, 0.4) is 0 Å². The third-order valence-electron chi connectivity index (χ3n) is 3.38. The summed E-state index contributed by atoms with van der Waals surface area (Å²) in [7, 11) is 0. The summed E-state index contributed by atoms with van der Waals surface area (Å²) in [6, 6.07) is 2.45. The number of nitro groups is 1. The van der Waals surface area contributed by atoms with E-state index in [2.05, 4.69) is 33.9 Å². The molecule has 0 radical (unpaired) electrons. The first-order chi connectivity index (χ1) is 11.9. The van der Waals surface area contributed by atoms with Crippen LogP contribution in [0.15, 0.2) is 21.7 Å². The Bertz CT molecular complexity index is 740. The number of thioether (sulfide) groups is 1. The highest BCUT2D eigenvalue weighted by Crippen LogP contribution is 2.17. The van der Waals surface area contributed by atoms with Gasteiger partial charge in [0.2, 0.25) is 0 Å². The van der Waals surface area contributed by atoms with Gasteiger partial charge >= 0.3 is 5.88 Å². The van der Waals surface area contributed by atoms with Crippen LogP contribution in [0, 0.1) is 16.0 Å². The molecule has 2 aromatic heterocycles. The van der Waals surface area contributed by atoms with E-state index in [1.54, 1.807) is 11.8 Å². The number of rotatable bonds is 9. The van der Waals surface area contributed by atoms with Crippen molar-refractivity contribution in [2.45, 2.75) is 38.4 Å². The Morgan fingerprint density at radius 1 is 1.44 bits per heavy atom. The molecular weight excluding hydrogens is 346 g/mol. The van der Waals surface area contributed by atoms with E-state index in [9.17, 15) is 14.9 Å². The van der Waals surface area contributed by atoms with E-state index in [0.717, 1.165) is 23.6 Å². The number of nitrogens with one attached hydrogen (secondary N) is 1. The maximum absolute atomic E-state index is 11.9. The SMILES string of the molecule is CSc1nnc(CCCNC(=O)c2ccc([N+](=O)[O-])o2)n1CC(C)C. The van der Waals surface area contributed by atoms with Gasteiger partial charge in [-0.05, 0) is 24.7 Å². The van der Waals surface area contributed by atoms with Gasteiger partial charge in [0.25, 0.3) is 5.91 Å². The molecule has 10 heteroatoms. The van der Waals surface area contributed by atoms with Crippen molar-refractivity contribution in [3.8, 4) is 0 Å². The van der Waals surface area contributed by atoms with Crippen LogP contribution in [0.1, 0.15) is 36.6 Å². The van der Waals surface area contributed by atoms with Crippen molar-refractivity contribution in [2.75, 3.05) is 12.8 Å². The van der Waals surface area contributed by atoms with Crippen molar-refractivity contribution >= 4 is 23.6 Å². The zero-order valence-corrected chi connectivity index (χ0v) is 15.2. The van der Waals surface area contributed by atoms with Gasteiger partial charge in [-0.3, -0.25) is 14.9 Å². The minimum Gasteiger partial charge on any atom is -0.395 e. The molecule has 0 aliphatic carbocycles. The van der Waals surface area contributed by atoms with Gasteiger partial charge in [-0.15, -0.1) is 10.2 Å². The van der Waals surface area contributed by atoms with Crippen LogP contribution in [-0.4, -0.2) is 38.4 Å². The second kappa shape index (κ2) is 8.65. The molecule has 0 atom stereocenters. The predicted octanol–water partition coefficient (Wildman–Crippen LogP) is 2.52. The molecule has 0 spiro atoms. The largest absolute Gasteiger partial charge is 0.433 e. The number of aryl methyl sites for hydroxylation is 1. The standard InChI is InChI=1S/C15H21N5O4S/c1-10(2)9-19-12(17-18-15(19)25-3)5-4-8-16-14(21)11-6-7-13(24-11)20(22)23/h6-7,10H,4-5,8-9H2,1-3H3,(H,16,21). The first-order valence-corrected chi connectivity index (χ1v) is 9.13. The van der Waals surface area contributed by atoms with Gasteiger partial charge in [0.15, 0.2) is 10.9 Å². The Morgan fingerprint density at radius 2 is 2.20 bits per heavy atom. The van der Waals surface area contributed by atoms with Crippen molar-refractivity contribution in [3.05, 3.63) is 33.8 Å². The highest BCUT2D eigenvalue weighted by Gasteiger charge is 2.17. The summed E-state index contributed by atoms with van der Waals surface area (Å²) in [5.74, 6) is 0.383. The molecule has 0 fully saturated rings. The molecule has 0 aliphatic heterocycles. The summed E-state index contributed by atoms with van der Waals surface area (Å²) in [5, 5.41) is 22.5. The molecule has 1 amide bonds.